The Morgan fingerprint density at radius 1 is 0.516 bits per heavy atom. The monoisotopic (exact) mass is 803 g/mol. The summed E-state index contributed by atoms with van der Waals surface area (Å²) in [6.45, 7) is 11.3. The zero-order chi connectivity index (χ0) is 41.6. The summed E-state index contributed by atoms with van der Waals surface area (Å²) in [6.07, 6.45) is 6.95. The van der Waals surface area contributed by atoms with Gasteiger partial charge in [-0.25, -0.2) is 0 Å². The summed E-state index contributed by atoms with van der Waals surface area (Å²) in [5, 5.41) is 0. The van der Waals surface area contributed by atoms with E-state index in [0.29, 0.717) is 11.8 Å². The molecule has 7 aliphatic rings. The van der Waals surface area contributed by atoms with Crippen LogP contribution in [0.1, 0.15) is 80.7 Å². The average molecular weight is 804 g/mol. The first kappa shape index (κ1) is 36.6. The highest BCUT2D eigenvalue weighted by molar-refractivity contribution is 7.00. The Bertz CT molecular complexity index is 2870. The van der Waals surface area contributed by atoms with Crippen molar-refractivity contribution in [1.82, 2.24) is 0 Å². The molecule has 4 fully saturated rings. The number of aryl methyl sites for hydroxylation is 2. The van der Waals surface area contributed by atoms with Gasteiger partial charge in [-0.05, 0) is 181 Å². The fourth-order valence-electron chi connectivity index (χ4n) is 13.9. The Hall–Kier alpha value is -6.00. The third-order valence-electron chi connectivity index (χ3n) is 16.3. The maximum absolute atomic E-state index is 2.71. The molecule has 0 amide bonds. The molecule has 0 N–H and O–H groups in total. The summed E-state index contributed by atoms with van der Waals surface area (Å²) >= 11 is 0. The fraction of sp³-hybridized carbons (Fsp3) is 0.276. The number of rotatable bonds is 4. The highest BCUT2D eigenvalue weighted by Crippen LogP contribution is 2.69. The number of hydrogen-bond donors (Lipinski definition) is 0. The van der Waals surface area contributed by atoms with Crippen molar-refractivity contribution >= 4 is 74.3 Å². The molecule has 1 spiro atoms. The standard InChI is InChI=1S/C58H54BN3/c1-36-16-22-43(23-17-36)60(44-24-18-37(2)19-25-44)46-28-29-52-50(35-46)59-49-12-8-11-48-56(49)62(51-13-7-6-10-47(51)58(48)41-31-38-30-39(33-41)34-42(58)32-38)54-15-9-14-53(55(54)59)61(52)45-26-20-40(21-27-45)57(3,4)5/h6-29,35,38-39,41-42H,30-34H2,1-5H3. The van der Waals surface area contributed by atoms with Crippen LogP contribution in [0.5, 0.6) is 0 Å². The minimum absolute atomic E-state index is 0.0504. The van der Waals surface area contributed by atoms with Gasteiger partial charge in [-0.3, -0.25) is 0 Å². The summed E-state index contributed by atoms with van der Waals surface area (Å²) in [7, 11) is 0. The summed E-state index contributed by atoms with van der Waals surface area (Å²) < 4.78 is 0. The van der Waals surface area contributed by atoms with Crippen LogP contribution in [0.15, 0.2) is 152 Å². The Morgan fingerprint density at radius 3 is 1.73 bits per heavy atom. The number of benzene rings is 7. The van der Waals surface area contributed by atoms with Crippen LogP contribution >= 0.6 is 0 Å². The van der Waals surface area contributed by atoms with Crippen LogP contribution in [0.2, 0.25) is 0 Å². The van der Waals surface area contributed by atoms with Gasteiger partial charge in [-0.2, -0.15) is 0 Å². The minimum atomic E-state index is 0.0504. The van der Waals surface area contributed by atoms with Crippen LogP contribution in [0.25, 0.3) is 0 Å². The highest BCUT2D eigenvalue weighted by Gasteiger charge is 2.62. The first-order valence-corrected chi connectivity index (χ1v) is 23.3. The molecule has 0 atom stereocenters. The van der Waals surface area contributed by atoms with E-state index in [4.69, 9.17) is 0 Å². The Morgan fingerprint density at radius 2 is 1.08 bits per heavy atom. The highest BCUT2D eigenvalue weighted by atomic mass is 15.2. The Labute approximate surface area is 368 Å². The molecule has 0 aromatic heterocycles. The molecular weight excluding hydrogens is 749 g/mol. The topological polar surface area (TPSA) is 9.72 Å². The average Bonchev–Trinajstić information content (AvgIpc) is 3.27. The zero-order valence-electron chi connectivity index (χ0n) is 36.7. The van der Waals surface area contributed by atoms with E-state index in [1.165, 1.54) is 116 Å². The molecule has 7 aromatic carbocycles. The van der Waals surface area contributed by atoms with Crippen molar-refractivity contribution in [2.75, 3.05) is 14.7 Å². The lowest BCUT2D eigenvalue weighted by Gasteiger charge is -2.64. The molecule has 3 heterocycles. The molecule has 0 unspecified atom stereocenters. The maximum Gasteiger partial charge on any atom is 0.252 e. The number of para-hydroxylation sites is 2. The molecule has 0 saturated heterocycles. The van der Waals surface area contributed by atoms with E-state index in [1.54, 1.807) is 11.1 Å². The predicted octanol–water partition coefficient (Wildman–Crippen LogP) is 13.2. The zero-order valence-corrected chi connectivity index (χ0v) is 36.7. The van der Waals surface area contributed by atoms with Gasteiger partial charge in [-0.1, -0.05) is 111 Å². The fourth-order valence-corrected chi connectivity index (χ4v) is 13.9. The van der Waals surface area contributed by atoms with Crippen molar-refractivity contribution < 1.29 is 0 Å². The van der Waals surface area contributed by atoms with Gasteiger partial charge in [0.05, 0.1) is 5.69 Å². The Balaban J connectivity index is 1.08. The first-order chi connectivity index (χ1) is 30.2. The maximum atomic E-state index is 2.71. The van der Waals surface area contributed by atoms with Crippen LogP contribution in [0, 0.1) is 37.5 Å². The number of anilines is 9. The molecule has 3 aliphatic heterocycles. The molecule has 4 heteroatoms. The van der Waals surface area contributed by atoms with Crippen LogP contribution in [-0.2, 0) is 10.8 Å². The smallest absolute Gasteiger partial charge is 0.252 e. The normalized spacial score (nSPS) is 23.2. The third-order valence-corrected chi connectivity index (χ3v) is 16.3. The molecule has 4 saturated carbocycles. The van der Waals surface area contributed by atoms with Gasteiger partial charge in [0.15, 0.2) is 0 Å². The van der Waals surface area contributed by atoms with E-state index < -0.39 is 0 Å². The van der Waals surface area contributed by atoms with Crippen molar-refractivity contribution in [3.63, 3.8) is 0 Å². The number of fused-ring (bicyclic) bond motifs is 6. The predicted molar refractivity (Wildman–Crippen MR) is 261 cm³/mol. The molecule has 4 bridgehead atoms. The minimum Gasteiger partial charge on any atom is -0.311 e. The van der Waals surface area contributed by atoms with Gasteiger partial charge in [-0.15, -0.1) is 0 Å². The van der Waals surface area contributed by atoms with Crippen molar-refractivity contribution in [2.24, 2.45) is 23.7 Å². The van der Waals surface area contributed by atoms with Crippen molar-refractivity contribution in [3.05, 3.63) is 179 Å². The van der Waals surface area contributed by atoms with Crippen molar-refractivity contribution in [1.29, 1.82) is 0 Å². The van der Waals surface area contributed by atoms with Gasteiger partial charge >= 0.3 is 0 Å². The van der Waals surface area contributed by atoms with Crippen molar-refractivity contribution in [2.45, 2.75) is 77.6 Å². The Kier molecular flexibility index (Phi) is 7.69. The van der Waals surface area contributed by atoms with Crippen LogP contribution in [-0.4, -0.2) is 6.71 Å². The molecule has 62 heavy (non-hydrogen) atoms. The lowest BCUT2D eigenvalue weighted by atomic mass is 9.32. The molecule has 3 nitrogen and oxygen atoms in total. The van der Waals surface area contributed by atoms with Crippen LogP contribution < -0.4 is 31.1 Å². The van der Waals surface area contributed by atoms with E-state index in [9.17, 15) is 0 Å². The summed E-state index contributed by atoms with van der Waals surface area (Å²) in [5.74, 6) is 3.17. The second-order valence-corrected chi connectivity index (χ2v) is 20.8. The summed E-state index contributed by atoms with van der Waals surface area (Å²) in [6, 6.07) is 59.0. The van der Waals surface area contributed by atoms with Crippen LogP contribution in [0.3, 0.4) is 0 Å². The SMILES string of the molecule is Cc1ccc(N(c2ccc(C)cc2)c2ccc3c(c2)B2c4cccc5c4N(c4ccccc4C54C5CC6CC(C5)CC4C6)c4cccc(c42)N3c2ccc(C(C)(C)C)cc2)cc1. The summed E-state index contributed by atoms with van der Waals surface area (Å²) in [5.41, 5.74) is 22.8. The van der Waals surface area contributed by atoms with Gasteiger partial charge in [0.1, 0.15) is 0 Å². The quantitative estimate of drug-likeness (QED) is 0.164. The van der Waals surface area contributed by atoms with E-state index >= 15 is 0 Å². The molecule has 0 radical (unpaired) electrons. The van der Waals surface area contributed by atoms with Crippen molar-refractivity contribution in [3.8, 4) is 0 Å². The number of hydrogen-bond acceptors (Lipinski definition) is 3. The van der Waals surface area contributed by atoms with Crippen LogP contribution in [0.4, 0.5) is 51.2 Å². The first-order valence-electron chi connectivity index (χ1n) is 23.3. The van der Waals surface area contributed by atoms with E-state index in [2.05, 4.69) is 201 Å². The van der Waals surface area contributed by atoms with Gasteiger partial charge < -0.3 is 14.7 Å². The molecule has 4 aliphatic carbocycles. The lowest BCUT2D eigenvalue weighted by Crippen LogP contribution is -2.64. The summed E-state index contributed by atoms with van der Waals surface area (Å²) in [4.78, 5) is 7.73. The van der Waals surface area contributed by atoms with E-state index in [-0.39, 0.29) is 17.5 Å². The largest absolute Gasteiger partial charge is 0.311 e. The lowest BCUT2D eigenvalue weighted by molar-refractivity contribution is -0.0419. The molecule has 7 aromatic rings. The third kappa shape index (κ3) is 5.01. The molecule has 14 rings (SSSR count). The van der Waals surface area contributed by atoms with Gasteiger partial charge in [0.2, 0.25) is 0 Å². The second-order valence-electron chi connectivity index (χ2n) is 20.8. The van der Waals surface area contributed by atoms with E-state index in [0.717, 1.165) is 11.8 Å². The molecule has 304 valence electrons. The van der Waals surface area contributed by atoms with Gasteiger partial charge in [0, 0.05) is 50.9 Å². The second kappa shape index (κ2) is 13.0. The van der Waals surface area contributed by atoms with Gasteiger partial charge in [0.25, 0.3) is 6.71 Å². The molecular formula is C58H54BN3. The number of nitrogens with zero attached hydrogens (tertiary/aromatic N) is 3. The van der Waals surface area contributed by atoms with E-state index in [1.807, 2.05) is 0 Å².